The number of rotatable bonds is 5. The van der Waals surface area contributed by atoms with Gasteiger partial charge in [-0.2, -0.15) is 4.98 Å². The number of nitrogens with zero attached hydrogens (tertiary/aromatic N) is 2. The smallest absolute Gasteiger partial charge is 0.229 e. The largest absolute Gasteiger partial charge is 0.381 e. The zero-order valence-corrected chi connectivity index (χ0v) is 9.03. The molecule has 5 nitrogen and oxygen atoms in total. The second kappa shape index (κ2) is 5.23. The van der Waals surface area contributed by atoms with Crippen LogP contribution in [0.25, 0.3) is 0 Å². The lowest BCUT2D eigenvalue weighted by molar-refractivity contribution is 0.144. The Bertz CT molecular complexity index is 295. The Morgan fingerprint density at radius 2 is 2.53 bits per heavy atom. The summed E-state index contributed by atoms with van der Waals surface area (Å²) in [5, 5.41) is 7.31. The molecule has 0 radical (unpaired) electrons. The van der Waals surface area contributed by atoms with Crippen molar-refractivity contribution in [2.45, 2.75) is 32.2 Å². The zero-order valence-electron chi connectivity index (χ0n) is 9.03. The van der Waals surface area contributed by atoms with Crippen LogP contribution >= 0.6 is 0 Å². The summed E-state index contributed by atoms with van der Waals surface area (Å²) in [5.41, 5.74) is 0. The predicted octanol–water partition coefficient (Wildman–Crippen LogP) is 1.07. The monoisotopic (exact) mass is 211 g/mol. The minimum Gasteiger partial charge on any atom is -0.381 e. The van der Waals surface area contributed by atoms with Gasteiger partial charge in [0.15, 0.2) is 5.82 Å². The highest BCUT2D eigenvalue weighted by Gasteiger charge is 2.21. The maximum Gasteiger partial charge on any atom is 0.229 e. The van der Waals surface area contributed by atoms with Crippen LogP contribution in [0.4, 0.5) is 0 Å². The highest BCUT2D eigenvalue weighted by molar-refractivity contribution is 4.96. The molecule has 2 heterocycles. The average Bonchev–Trinajstić information content (AvgIpc) is 2.87. The summed E-state index contributed by atoms with van der Waals surface area (Å²) in [4.78, 5) is 4.34. The Morgan fingerprint density at radius 1 is 1.60 bits per heavy atom. The summed E-state index contributed by atoms with van der Waals surface area (Å²) >= 11 is 0. The summed E-state index contributed by atoms with van der Waals surface area (Å²) in [6.07, 6.45) is 2.99. The first-order valence-corrected chi connectivity index (χ1v) is 5.53. The third-order valence-electron chi connectivity index (χ3n) is 2.52. The van der Waals surface area contributed by atoms with Gasteiger partial charge in [0, 0.05) is 6.61 Å². The van der Waals surface area contributed by atoms with Crippen LogP contribution in [0.2, 0.25) is 0 Å². The molecule has 0 saturated carbocycles. The maximum absolute atomic E-state index is 5.23. The van der Waals surface area contributed by atoms with Gasteiger partial charge in [-0.05, 0) is 26.3 Å². The fraction of sp³-hybridized carbons (Fsp3) is 0.800. The van der Waals surface area contributed by atoms with E-state index in [1.165, 1.54) is 6.42 Å². The number of aromatic nitrogens is 2. The number of hydrogen-bond donors (Lipinski definition) is 1. The van der Waals surface area contributed by atoms with Crippen LogP contribution in [-0.4, -0.2) is 29.9 Å². The van der Waals surface area contributed by atoms with Crippen LogP contribution in [0, 0.1) is 0 Å². The van der Waals surface area contributed by atoms with Gasteiger partial charge >= 0.3 is 0 Å². The van der Waals surface area contributed by atoms with Gasteiger partial charge < -0.3 is 14.6 Å². The third kappa shape index (κ3) is 2.76. The van der Waals surface area contributed by atoms with Crippen LogP contribution < -0.4 is 5.32 Å². The van der Waals surface area contributed by atoms with Crippen LogP contribution in [0.15, 0.2) is 4.52 Å². The maximum atomic E-state index is 5.23. The van der Waals surface area contributed by atoms with Crippen LogP contribution in [0.5, 0.6) is 0 Å². The first-order chi connectivity index (χ1) is 7.40. The molecular weight excluding hydrogens is 194 g/mol. The molecule has 5 heteroatoms. The zero-order chi connectivity index (χ0) is 10.5. The highest BCUT2D eigenvalue weighted by atomic mass is 16.5. The summed E-state index contributed by atoms with van der Waals surface area (Å²) < 4.78 is 10.4. The van der Waals surface area contributed by atoms with Gasteiger partial charge in [0.1, 0.15) is 0 Å². The van der Waals surface area contributed by atoms with Crippen LogP contribution in [0.3, 0.4) is 0 Å². The van der Waals surface area contributed by atoms with Crippen LogP contribution in [-0.2, 0) is 11.2 Å². The van der Waals surface area contributed by atoms with E-state index in [9.17, 15) is 0 Å². The number of hydrogen-bond acceptors (Lipinski definition) is 5. The molecular formula is C10H17N3O2. The lowest BCUT2D eigenvalue weighted by atomic mass is 10.2. The van der Waals surface area contributed by atoms with Gasteiger partial charge in [0.2, 0.25) is 5.89 Å². The minimum absolute atomic E-state index is 0.287. The van der Waals surface area contributed by atoms with E-state index in [1.807, 2.05) is 6.92 Å². The predicted molar refractivity (Wildman–Crippen MR) is 54.5 cm³/mol. The van der Waals surface area contributed by atoms with Crippen molar-refractivity contribution < 1.29 is 9.26 Å². The fourth-order valence-corrected chi connectivity index (χ4v) is 1.72. The van der Waals surface area contributed by atoms with Gasteiger partial charge in [-0.3, -0.25) is 0 Å². The Morgan fingerprint density at radius 3 is 3.27 bits per heavy atom. The van der Waals surface area contributed by atoms with E-state index in [4.69, 9.17) is 9.26 Å². The highest BCUT2D eigenvalue weighted by Crippen LogP contribution is 2.19. The molecule has 1 saturated heterocycles. The SMILES string of the molecule is CCOCCc1nc(C2CCCN2)no1. The van der Waals surface area contributed by atoms with Crippen molar-refractivity contribution in [2.24, 2.45) is 0 Å². The molecule has 1 aromatic heterocycles. The number of nitrogens with one attached hydrogen (secondary N) is 1. The molecule has 0 amide bonds. The molecule has 0 spiro atoms. The lowest BCUT2D eigenvalue weighted by Crippen LogP contribution is -2.14. The van der Waals surface area contributed by atoms with Crippen molar-refractivity contribution in [3.8, 4) is 0 Å². The molecule has 15 heavy (non-hydrogen) atoms. The van der Waals surface area contributed by atoms with Crippen molar-refractivity contribution in [1.29, 1.82) is 0 Å². The molecule has 0 aliphatic carbocycles. The van der Waals surface area contributed by atoms with Crippen molar-refractivity contribution in [1.82, 2.24) is 15.5 Å². The first-order valence-electron chi connectivity index (χ1n) is 5.53. The van der Waals surface area contributed by atoms with Gasteiger partial charge in [-0.15, -0.1) is 0 Å². The molecule has 2 rings (SSSR count). The average molecular weight is 211 g/mol. The Balaban J connectivity index is 1.86. The number of ether oxygens (including phenoxy) is 1. The van der Waals surface area contributed by atoms with Crippen molar-refractivity contribution in [2.75, 3.05) is 19.8 Å². The molecule has 1 atom stereocenters. The normalized spacial score (nSPS) is 21.0. The second-order valence-electron chi connectivity index (χ2n) is 3.64. The standard InChI is InChI=1S/C10H17N3O2/c1-2-14-7-5-9-12-10(13-15-9)8-4-3-6-11-8/h8,11H,2-7H2,1H3. The Hall–Kier alpha value is -0.940. The third-order valence-corrected chi connectivity index (χ3v) is 2.52. The van der Waals surface area contributed by atoms with Gasteiger partial charge in [-0.1, -0.05) is 5.16 Å². The van der Waals surface area contributed by atoms with Gasteiger partial charge in [0.05, 0.1) is 19.1 Å². The minimum atomic E-state index is 0.287. The van der Waals surface area contributed by atoms with Crippen molar-refractivity contribution in [3.63, 3.8) is 0 Å². The quantitative estimate of drug-likeness (QED) is 0.738. The summed E-state index contributed by atoms with van der Waals surface area (Å²) in [7, 11) is 0. The van der Waals surface area contributed by atoms with E-state index in [-0.39, 0.29) is 6.04 Å². The van der Waals surface area contributed by atoms with Crippen molar-refractivity contribution >= 4 is 0 Å². The summed E-state index contributed by atoms with van der Waals surface area (Å²) in [6.45, 7) is 4.40. The molecule has 1 aliphatic heterocycles. The van der Waals surface area contributed by atoms with Gasteiger partial charge in [-0.25, -0.2) is 0 Å². The lowest BCUT2D eigenvalue weighted by Gasteiger charge is -2.01. The van der Waals surface area contributed by atoms with E-state index in [2.05, 4.69) is 15.5 Å². The van der Waals surface area contributed by atoms with E-state index in [1.54, 1.807) is 0 Å². The van der Waals surface area contributed by atoms with Gasteiger partial charge in [0.25, 0.3) is 0 Å². The molecule has 1 unspecified atom stereocenters. The summed E-state index contributed by atoms with van der Waals surface area (Å²) in [5.74, 6) is 1.46. The van der Waals surface area contributed by atoms with E-state index >= 15 is 0 Å². The molecule has 1 aromatic rings. The Labute approximate surface area is 89.2 Å². The molecule has 1 N–H and O–H groups in total. The topological polar surface area (TPSA) is 60.2 Å². The molecule has 1 fully saturated rings. The molecule has 0 bridgehead atoms. The van der Waals surface area contributed by atoms with E-state index in [0.29, 0.717) is 18.9 Å². The Kier molecular flexibility index (Phi) is 3.69. The fourth-order valence-electron chi connectivity index (χ4n) is 1.72. The molecule has 84 valence electrons. The first kappa shape index (κ1) is 10.6. The summed E-state index contributed by atoms with van der Waals surface area (Å²) in [6, 6.07) is 0.287. The van der Waals surface area contributed by atoms with Crippen molar-refractivity contribution in [3.05, 3.63) is 11.7 Å². The van der Waals surface area contributed by atoms with E-state index < -0.39 is 0 Å². The van der Waals surface area contributed by atoms with E-state index in [0.717, 1.165) is 25.4 Å². The van der Waals surface area contributed by atoms with Crippen LogP contribution in [0.1, 0.15) is 37.5 Å². The molecule has 1 aliphatic rings. The molecule has 0 aromatic carbocycles. The second-order valence-corrected chi connectivity index (χ2v) is 3.64.